The molecule has 1 aliphatic rings. The maximum Gasteiger partial charge on any atom is 0.387 e. The number of para-hydroxylation sites is 1. The summed E-state index contributed by atoms with van der Waals surface area (Å²) in [5, 5.41) is 7.00. The van der Waals surface area contributed by atoms with E-state index in [0.29, 0.717) is 30.6 Å². The summed E-state index contributed by atoms with van der Waals surface area (Å²) in [6.07, 6.45) is 1.72. The van der Waals surface area contributed by atoms with E-state index in [1.165, 1.54) is 6.07 Å². The number of nitrogens with zero attached hydrogens (tertiary/aromatic N) is 2. The maximum atomic E-state index is 12.5. The van der Waals surface area contributed by atoms with Gasteiger partial charge in [0.2, 0.25) is 5.89 Å². The van der Waals surface area contributed by atoms with Gasteiger partial charge < -0.3 is 19.3 Å². The highest BCUT2D eigenvalue weighted by molar-refractivity contribution is 5.61. The summed E-state index contributed by atoms with van der Waals surface area (Å²) >= 11 is 0. The number of alkyl halides is 2. The lowest BCUT2D eigenvalue weighted by Gasteiger charge is -2.18. The van der Waals surface area contributed by atoms with E-state index in [1.807, 2.05) is 13.0 Å². The Morgan fingerprint density at radius 1 is 1.33 bits per heavy atom. The smallest absolute Gasteiger partial charge is 0.387 e. The second-order valence-electron chi connectivity index (χ2n) is 5.62. The van der Waals surface area contributed by atoms with E-state index in [9.17, 15) is 8.78 Å². The van der Waals surface area contributed by atoms with Gasteiger partial charge in [-0.2, -0.15) is 13.8 Å². The molecular formula is C16H19F2N3O3. The number of rotatable bonds is 6. The zero-order valence-corrected chi connectivity index (χ0v) is 13.3. The molecular weight excluding hydrogens is 320 g/mol. The fraction of sp³-hybridized carbons (Fsp3) is 0.500. The van der Waals surface area contributed by atoms with Crippen LogP contribution in [0.3, 0.4) is 0 Å². The van der Waals surface area contributed by atoms with Crippen molar-refractivity contribution in [3.05, 3.63) is 35.5 Å². The molecule has 0 saturated carbocycles. The molecule has 2 aromatic rings. The number of nitrogens with one attached hydrogen (secondary N) is 1. The molecule has 0 aliphatic carbocycles. The number of halogens is 2. The molecule has 2 heterocycles. The summed E-state index contributed by atoms with van der Waals surface area (Å²) < 4.78 is 40.2. The van der Waals surface area contributed by atoms with Gasteiger partial charge >= 0.3 is 6.61 Å². The van der Waals surface area contributed by atoms with Gasteiger partial charge in [0.15, 0.2) is 5.82 Å². The van der Waals surface area contributed by atoms with Crippen LogP contribution < -0.4 is 10.1 Å². The summed E-state index contributed by atoms with van der Waals surface area (Å²) in [6.45, 7) is 0.579. The Hall–Kier alpha value is -2.22. The van der Waals surface area contributed by atoms with Gasteiger partial charge in [0.05, 0.1) is 12.2 Å². The Kier molecular flexibility index (Phi) is 5.24. The molecule has 0 bridgehead atoms. The van der Waals surface area contributed by atoms with Crippen molar-refractivity contribution < 1.29 is 22.8 Å². The van der Waals surface area contributed by atoms with E-state index < -0.39 is 6.61 Å². The van der Waals surface area contributed by atoms with Crippen molar-refractivity contribution in [1.82, 2.24) is 10.1 Å². The number of hydrogen-bond donors (Lipinski definition) is 1. The Balaban J connectivity index is 1.66. The molecule has 0 radical (unpaired) electrons. The minimum Gasteiger partial charge on any atom is -0.433 e. The van der Waals surface area contributed by atoms with E-state index in [4.69, 9.17) is 9.26 Å². The average molecular weight is 339 g/mol. The standard InChI is InChI=1S/C16H19F2N3O3/c1-10-3-2-4-12(23-16(17)18)14(10)19-9-13-20-15(24-21-13)11-5-7-22-8-6-11/h2-4,11,16,19H,5-9H2,1H3. The molecule has 1 saturated heterocycles. The summed E-state index contributed by atoms with van der Waals surface area (Å²) in [5.41, 5.74) is 1.29. The molecule has 0 spiro atoms. The summed E-state index contributed by atoms with van der Waals surface area (Å²) in [5.74, 6) is 1.39. The number of benzene rings is 1. The van der Waals surface area contributed by atoms with E-state index in [-0.39, 0.29) is 18.2 Å². The largest absolute Gasteiger partial charge is 0.433 e. The van der Waals surface area contributed by atoms with Crippen molar-refractivity contribution in [3.63, 3.8) is 0 Å². The molecule has 0 atom stereocenters. The van der Waals surface area contributed by atoms with Crippen LogP contribution in [0, 0.1) is 6.92 Å². The maximum absolute atomic E-state index is 12.5. The van der Waals surface area contributed by atoms with Gasteiger partial charge in [-0.3, -0.25) is 0 Å². The lowest BCUT2D eigenvalue weighted by atomic mass is 10.0. The number of hydrogen-bond acceptors (Lipinski definition) is 6. The first kappa shape index (κ1) is 16.6. The zero-order chi connectivity index (χ0) is 16.9. The molecule has 0 unspecified atom stereocenters. The minimum absolute atomic E-state index is 0.0955. The van der Waals surface area contributed by atoms with Crippen LogP contribution in [-0.2, 0) is 11.3 Å². The molecule has 1 aromatic heterocycles. The highest BCUT2D eigenvalue weighted by Gasteiger charge is 2.22. The molecule has 0 amide bonds. The highest BCUT2D eigenvalue weighted by Crippen LogP contribution is 2.30. The molecule has 1 aliphatic heterocycles. The summed E-state index contributed by atoms with van der Waals surface area (Å²) in [6, 6.07) is 4.96. The Bertz CT molecular complexity index is 672. The van der Waals surface area contributed by atoms with Crippen LogP contribution in [0.2, 0.25) is 0 Å². The van der Waals surface area contributed by atoms with Crippen molar-refractivity contribution >= 4 is 5.69 Å². The van der Waals surface area contributed by atoms with Crippen molar-refractivity contribution in [2.75, 3.05) is 18.5 Å². The second kappa shape index (κ2) is 7.57. The van der Waals surface area contributed by atoms with Crippen LogP contribution in [0.15, 0.2) is 22.7 Å². The van der Waals surface area contributed by atoms with Crippen LogP contribution >= 0.6 is 0 Å². The van der Waals surface area contributed by atoms with Gasteiger partial charge in [0, 0.05) is 19.1 Å². The molecule has 6 nitrogen and oxygen atoms in total. The Morgan fingerprint density at radius 3 is 2.88 bits per heavy atom. The third kappa shape index (κ3) is 4.00. The highest BCUT2D eigenvalue weighted by atomic mass is 19.3. The normalized spacial score (nSPS) is 15.7. The zero-order valence-electron chi connectivity index (χ0n) is 13.3. The predicted octanol–water partition coefficient (Wildman–Crippen LogP) is 3.49. The van der Waals surface area contributed by atoms with E-state index in [1.54, 1.807) is 6.07 Å². The number of aromatic nitrogens is 2. The van der Waals surface area contributed by atoms with E-state index in [0.717, 1.165) is 18.4 Å². The number of aryl methyl sites for hydroxylation is 1. The van der Waals surface area contributed by atoms with Gasteiger partial charge in [-0.15, -0.1) is 0 Å². The van der Waals surface area contributed by atoms with Gasteiger partial charge in [-0.05, 0) is 31.4 Å². The SMILES string of the molecule is Cc1cccc(OC(F)F)c1NCc1noc(C2CCOCC2)n1. The van der Waals surface area contributed by atoms with Gasteiger partial charge in [-0.1, -0.05) is 17.3 Å². The molecule has 130 valence electrons. The van der Waals surface area contributed by atoms with Crippen molar-refractivity contribution in [2.45, 2.75) is 38.8 Å². The predicted molar refractivity (Wildman–Crippen MR) is 82.2 cm³/mol. The summed E-state index contributed by atoms with van der Waals surface area (Å²) in [4.78, 5) is 4.38. The van der Waals surface area contributed by atoms with Crippen molar-refractivity contribution in [1.29, 1.82) is 0 Å². The van der Waals surface area contributed by atoms with Crippen molar-refractivity contribution in [2.24, 2.45) is 0 Å². The molecule has 1 N–H and O–H groups in total. The molecule has 1 fully saturated rings. The topological polar surface area (TPSA) is 69.4 Å². The van der Waals surface area contributed by atoms with E-state index in [2.05, 4.69) is 20.2 Å². The monoisotopic (exact) mass is 339 g/mol. The van der Waals surface area contributed by atoms with Crippen LogP contribution in [0.25, 0.3) is 0 Å². The van der Waals surface area contributed by atoms with Crippen LogP contribution in [0.1, 0.15) is 36.0 Å². The quantitative estimate of drug-likeness (QED) is 0.869. The lowest BCUT2D eigenvalue weighted by Crippen LogP contribution is -2.14. The van der Waals surface area contributed by atoms with Crippen LogP contribution in [0.5, 0.6) is 5.75 Å². The minimum atomic E-state index is -2.88. The first-order valence-electron chi connectivity index (χ1n) is 7.82. The van der Waals surface area contributed by atoms with Gasteiger partial charge in [-0.25, -0.2) is 0 Å². The molecule has 24 heavy (non-hydrogen) atoms. The molecule has 1 aromatic carbocycles. The lowest BCUT2D eigenvalue weighted by molar-refractivity contribution is -0.0493. The van der Waals surface area contributed by atoms with Crippen molar-refractivity contribution in [3.8, 4) is 5.75 Å². The van der Waals surface area contributed by atoms with Crippen LogP contribution in [-0.4, -0.2) is 30.0 Å². The summed E-state index contributed by atoms with van der Waals surface area (Å²) in [7, 11) is 0. The fourth-order valence-electron chi connectivity index (χ4n) is 2.68. The second-order valence-corrected chi connectivity index (χ2v) is 5.62. The Labute approximate surface area is 138 Å². The first-order chi connectivity index (χ1) is 11.6. The van der Waals surface area contributed by atoms with Gasteiger partial charge in [0.25, 0.3) is 0 Å². The van der Waals surface area contributed by atoms with E-state index >= 15 is 0 Å². The first-order valence-corrected chi connectivity index (χ1v) is 7.82. The molecule has 8 heteroatoms. The molecule has 3 rings (SSSR count). The Morgan fingerprint density at radius 2 is 2.12 bits per heavy atom. The van der Waals surface area contributed by atoms with Gasteiger partial charge in [0.1, 0.15) is 5.75 Å². The third-order valence-electron chi connectivity index (χ3n) is 3.93. The average Bonchev–Trinajstić information content (AvgIpc) is 3.04. The van der Waals surface area contributed by atoms with Crippen LogP contribution in [0.4, 0.5) is 14.5 Å². The fourth-order valence-corrected chi connectivity index (χ4v) is 2.68. The number of anilines is 1. The number of ether oxygens (including phenoxy) is 2. The third-order valence-corrected chi connectivity index (χ3v) is 3.93.